The van der Waals surface area contributed by atoms with Gasteiger partial charge < -0.3 is 15.2 Å². The van der Waals surface area contributed by atoms with Crippen LogP contribution in [0.25, 0.3) is 0 Å². The number of amides is 3. The zero-order valence-electron chi connectivity index (χ0n) is 21.7. The maximum absolute atomic E-state index is 13.6. The molecule has 0 bridgehead atoms. The Morgan fingerprint density at radius 1 is 1.17 bits per heavy atom. The predicted octanol–water partition coefficient (Wildman–Crippen LogP) is 4.20. The summed E-state index contributed by atoms with van der Waals surface area (Å²) in [6, 6.07) is 6.09. The number of piperidine rings is 1. The van der Waals surface area contributed by atoms with E-state index in [1.54, 1.807) is 17.9 Å². The van der Waals surface area contributed by atoms with Crippen LogP contribution in [0.15, 0.2) is 71.0 Å². The minimum atomic E-state index is -0.0549. The highest BCUT2D eigenvalue weighted by atomic mass is 16.2. The molecule has 8 nitrogen and oxygen atoms in total. The number of hydrogen-bond donors (Lipinski definition) is 2. The molecule has 1 aromatic carbocycles. The molecule has 1 fully saturated rings. The van der Waals surface area contributed by atoms with Crippen LogP contribution in [0, 0.1) is 0 Å². The van der Waals surface area contributed by atoms with Crippen molar-refractivity contribution in [3.63, 3.8) is 0 Å². The highest BCUT2D eigenvalue weighted by molar-refractivity contribution is 6.09. The molecule has 4 rings (SSSR count). The van der Waals surface area contributed by atoms with E-state index in [1.165, 1.54) is 5.56 Å². The smallest absolute Gasteiger partial charge is 0.324 e. The number of nitrogens with zero attached hydrogens (tertiary/aromatic N) is 4. The summed E-state index contributed by atoms with van der Waals surface area (Å²) >= 11 is 0. The predicted molar refractivity (Wildman–Crippen MR) is 144 cm³/mol. The van der Waals surface area contributed by atoms with Crippen LogP contribution in [0.1, 0.15) is 44.7 Å². The van der Waals surface area contributed by atoms with Gasteiger partial charge in [-0.25, -0.2) is 15.2 Å². The minimum absolute atomic E-state index is 0.0327. The van der Waals surface area contributed by atoms with Crippen molar-refractivity contribution < 1.29 is 9.59 Å². The van der Waals surface area contributed by atoms with Crippen molar-refractivity contribution in [3.05, 3.63) is 77.2 Å². The Balaban J connectivity index is 1.78. The topological polar surface area (TPSA) is 80.3 Å². The van der Waals surface area contributed by atoms with Crippen LogP contribution in [-0.4, -0.2) is 65.1 Å². The molecule has 0 atom stereocenters. The zero-order chi connectivity index (χ0) is 26.0. The van der Waals surface area contributed by atoms with E-state index in [2.05, 4.69) is 30.1 Å². The molecule has 190 valence electrons. The number of nitrogens with one attached hydrogen (secondary N) is 2. The van der Waals surface area contributed by atoms with Crippen LogP contribution >= 0.6 is 0 Å². The first-order valence-electron chi connectivity index (χ1n) is 12.4. The Bertz CT molecular complexity index is 1180. The third-order valence-corrected chi connectivity index (χ3v) is 7.03. The van der Waals surface area contributed by atoms with E-state index in [9.17, 15) is 9.59 Å². The van der Waals surface area contributed by atoms with Gasteiger partial charge in [-0.3, -0.25) is 9.69 Å². The first-order valence-corrected chi connectivity index (χ1v) is 12.4. The molecule has 0 spiro atoms. The van der Waals surface area contributed by atoms with Crippen LogP contribution in [0.3, 0.4) is 0 Å². The third kappa shape index (κ3) is 4.86. The van der Waals surface area contributed by atoms with E-state index in [4.69, 9.17) is 4.99 Å². The monoisotopic (exact) mass is 488 g/mol. The number of carbonyl (C=O) groups is 2. The third-order valence-electron chi connectivity index (χ3n) is 7.03. The Labute approximate surface area is 213 Å². The number of allylic oxidation sites excluding steroid dienone is 2. The van der Waals surface area contributed by atoms with Crippen LogP contribution in [-0.2, 0) is 11.3 Å². The van der Waals surface area contributed by atoms with Gasteiger partial charge in [-0.05, 0) is 61.6 Å². The summed E-state index contributed by atoms with van der Waals surface area (Å²) in [7, 11) is 1.81. The van der Waals surface area contributed by atoms with E-state index in [-0.39, 0.29) is 18.0 Å². The molecule has 0 aliphatic carbocycles. The summed E-state index contributed by atoms with van der Waals surface area (Å²) in [6.45, 7) is 16.2. The molecule has 0 aromatic heterocycles. The second-order valence-electron chi connectivity index (χ2n) is 9.72. The molecule has 3 amide bonds. The zero-order valence-corrected chi connectivity index (χ0v) is 21.7. The molecule has 1 aromatic rings. The van der Waals surface area contributed by atoms with Crippen LogP contribution in [0.5, 0.6) is 0 Å². The first-order chi connectivity index (χ1) is 17.2. The van der Waals surface area contributed by atoms with Gasteiger partial charge in [-0.2, -0.15) is 0 Å². The molecule has 36 heavy (non-hydrogen) atoms. The summed E-state index contributed by atoms with van der Waals surface area (Å²) in [5.74, 6) is 0.0723. The van der Waals surface area contributed by atoms with Gasteiger partial charge in [-0.1, -0.05) is 25.3 Å². The van der Waals surface area contributed by atoms with Crippen molar-refractivity contribution in [2.24, 2.45) is 4.99 Å². The van der Waals surface area contributed by atoms with Crippen LogP contribution < -0.4 is 10.9 Å². The summed E-state index contributed by atoms with van der Waals surface area (Å²) in [6.07, 6.45) is 5.02. The maximum atomic E-state index is 13.6. The van der Waals surface area contributed by atoms with Gasteiger partial charge in [0, 0.05) is 51.8 Å². The van der Waals surface area contributed by atoms with Gasteiger partial charge in [0.15, 0.2) is 0 Å². The molecule has 3 aliphatic heterocycles. The molecule has 0 saturated carbocycles. The standard InChI is InChI=1S/C28H36N6O2/c1-7-20-17-32(6)28(36)34(23-11-13-33(14-12-23)19(5)35)27(20)26(18(3)4)30-24(8-2)21-9-10-25-22(15-21)16-29-31-25/h7-10,15,23,29,31H,1-2,11-14,16-17H2,3-6H3. The van der Waals surface area contributed by atoms with Gasteiger partial charge in [-0.15, -0.1) is 0 Å². The molecule has 3 aliphatic rings. The van der Waals surface area contributed by atoms with E-state index in [0.29, 0.717) is 32.5 Å². The van der Waals surface area contributed by atoms with Gasteiger partial charge in [0.25, 0.3) is 0 Å². The molecule has 8 heteroatoms. The van der Waals surface area contributed by atoms with E-state index in [0.717, 1.165) is 46.0 Å². The van der Waals surface area contributed by atoms with Crippen molar-refractivity contribution in [2.75, 3.05) is 32.1 Å². The number of anilines is 1. The highest BCUT2D eigenvalue weighted by Crippen LogP contribution is 2.35. The molecule has 0 unspecified atom stereocenters. The second kappa shape index (κ2) is 10.5. The summed E-state index contributed by atoms with van der Waals surface area (Å²) < 4.78 is 0. The maximum Gasteiger partial charge on any atom is 0.324 e. The Kier molecular flexibility index (Phi) is 7.45. The number of benzene rings is 1. The number of rotatable bonds is 6. The summed E-state index contributed by atoms with van der Waals surface area (Å²) in [5, 5.41) is 0. The van der Waals surface area contributed by atoms with Gasteiger partial charge in [0.1, 0.15) is 0 Å². The van der Waals surface area contributed by atoms with Crippen molar-refractivity contribution in [1.29, 1.82) is 0 Å². The van der Waals surface area contributed by atoms with Gasteiger partial charge in [0.2, 0.25) is 5.91 Å². The number of likely N-dealkylation sites (N-methyl/N-ethyl adjacent to an activating group) is 1. The fourth-order valence-corrected chi connectivity index (χ4v) is 5.04. The average Bonchev–Trinajstić information content (AvgIpc) is 3.34. The Morgan fingerprint density at radius 3 is 2.50 bits per heavy atom. The van der Waals surface area contributed by atoms with Crippen molar-refractivity contribution >= 4 is 23.3 Å². The largest absolute Gasteiger partial charge is 0.343 e. The minimum Gasteiger partial charge on any atom is -0.343 e. The van der Waals surface area contributed by atoms with Crippen LogP contribution in [0.4, 0.5) is 10.5 Å². The number of hydrogen-bond acceptors (Lipinski definition) is 5. The first kappa shape index (κ1) is 25.4. The highest BCUT2D eigenvalue weighted by Gasteiger charge is 2.38. The lowest BCUT2D eigenvalue weighted by Crippen LogP contribution is -2.54. The quantitative estimate of drug-likeness (QED) is 0.588. The fourth-order valence-electron chi connectivity index (χ4n) is 5.04. The van der Waals surface area contributed by atoms with E-state index in [1.807, 2.05) is 48.9 Å². The Hall–Kier alpha value is -3.65. The molecule has 0 radical (unpaired) electrons. The molecule has 1 saturated heterocycles. The van der Waals surface area contributed by atoms with Gasteiger partial charge >= 0.3 is 6.03 Å². The van der Waals surface area contributed by atoms with Crippen molar-refractivity contribution in [1.82, 2.24) is 20.1 Å². The number of aliphatic imine (C=N–C) groups is 1. The van der Waals surface area contributed by atoms with Crippen LogP contribution in [0.2, 0.25) is 0 Å². The van der Waals surface area contributed by atoms with E-state index >= 15 is 0 Å². The molecule has 2 N–H and O–H groups in total. The number of urea groups is 1. The second-order valence-corrected chi connectivity index (χ2v) is 9.72. The summed E-state index contributed by atoms with van der Waals surface area (Å²) in [4.78, 5) is 36.1. The molecular formula is C28H36N6O2. The number of fused-ring (bicyclic) bond motifs is 1. The summed E-state index contributed by atoms with van der Waals surface area (Å²) in [5.41, 5.74) is 13.7. The van der Waals surface area contributed by atoms with Crippen molar-refractivity contribution in [3.8, 4) is 0 Å². The average molecular weight is 489 g/mol. The van der Waals surface area contributed by atoms with Gasteiger partial charge in [0.05, 0.1) is 22.8 Å². The lowest BCUT2D eigenvalue weighted by molar-refractivity contribution is -0.130. The van der Waals surface area contributed by atoms with E-state index < -0.39 is 0 Å². The lowest BCUT2D eigenvalue weighted by atomic mass is 9.97. The lowest BCUT2D eigenvalue weighted by Gasteiger charge is -2.44. The van der Waals surface area contributed by atoms with Crippen molar-refractivity contribution in [2.45, 2.75) is 46.2 Å². The normalized spacial score (nSPS) is 18.7. The molecule has 3 heterocycles. The fraction of sp³-hybridized carbons (Fsp3) is 0.393. The SMILES string of the molecule is C=CC(=NC(=C(C)C)C1=C(C=C)CN(C)C(=O)N1C1CCN(C(C)=O)CC1)c1ccc2c(c1)CNN2. The number of hydrazine groups is 1. The molecular weight excluding hydrogens is 452 g/mol. The number of likely N-dealkylation sites (tertiary alicyclic amines) is 1. The number of carbonyl (C=O) groups excluding carboxylic acids is 2. The Morgan fingerprint density at radius 2 is 1.89 bits per heavy atom.